The van der Waals surface area contributed by atoms with E-state index in [0.717, 1.165) is 25.7 Å². The second-order valence-corrected chi connectivity index (χ2v) is 8.69. The van der Waals surface area contributed by atoms with Gasteiger partial charge >= 0.3 is 0 Å². The quantitative estimate of drug-likeness (QED) is 0.274. The largest absolute Gasteiger partial charge is 0.493 e. The lowest BCUT2D eigenvalue weighted by molar-refractivity contribution is 0.190. The van der Waals surface area contributed by atoms with Crippen LogP contribution in [0.2, 0.25) is 0 Å². The highest BCUT2D eigenvalue weighted by molar-refractivity contribution is 5.80. The van der Waals surface area contributed by atoms with Gasteiger partial charge in [-0.15, -0.1) is 0 Å². The van der Waals surface area contributed by atoms with Gasteiger partial charge in [0.2, 0.25) is 0 Å². The van der Waals surface area contributed by atoms with Crippen molar-refractivity contribution < 1.29 is 22.3 Å². The van der Waals surface area contributed by atoms with Gasteiger partial charge in [0, 0.05) is 11.1 Å². The summed E-state index contributed by atoms with van der Waals surface area (Å²) in [5.74, 6) is -3.54. The van der Waals surface area contributed by atoms with Crippen LogP contribution in [-0.4, -0.2) is 6.61 Å². The minimum atomic E-state index is -1.14. The van der Waals surface area contributed by atoms with Gasteiger partial charge in [-0.1, -0.05) is 45.6 Å². The lowest BCUT2D eigenvalue weighted by Gasteiger charge is -2.24. The van der Waals surface area contributed by atoms with Crippen LogP contribution < -0.4 is 0 Å². The standard InChI is InChI=1S/C26H28F4O/c1-3-5-6-8-15-9-10-20(31-14-15)19-13-18-12-17-11-16(7-4-2)23(27)25(29)21(17)22(18)26(30)24(19)28/h10-11,13,15H,3-9,12,14H2,1-2H3. The van der Waals surface area contributed by atoms with Gasteiger partial charge in [0.05, 0.1) is 12.2 Å². The second kappa shape index (κ2) is 9.05. The smallest absolute Gasteiger partial charge is 0.170 e. The van der Waals surface area contributed by atoms with Gasteiger partial charge in [0.1, 0.15) is 5.76 Å². The molecule has 2 aromatic rings. The Morgan fingerprint density at radius 1 is 0.871 bits per heavy atom. The number of aryl methyl sites for hydroxylation is 1. The van der Waals surface area contributed by atoms with Crippen molar-refractivity contribution in [1.29, 1.82) is 0 Å². The number of hydrogen-bond acceptors (Lipinski definition) is 1. The van der Waals surface area contributed by atoms with Crippen LogP contribution in [0.15, 0.2) is 18.2 Å². The Kier molecular flexibility index (Phi) is 6.40. The second-order valence-electron chi connectivity index (χ2n) is 8.69. The van der Waals surface area contributed by atoms with Gasteiger partial charge < -0.3 is 4.74 Å². The number of benzene rings is 2. The normalized spacial score (nSPS) is 17.2. The lowest BCUT2D eigenvalue weighted by Crippen LogP contribution is -2.14. The molecule has 0 spiro atoms. The molecule has 0 N–H and O–H groups in total. The summed E-state index contributed by atoms with van der Waals surface area (Å²) in [7, 11) is 0. The summed E-state index contributed by atoms with van der Waals surface area (Å²) in [6.07, 6.45) is 8.42. The van der Waals surface area contributed by atoms with E-state index >= 15 is 8.78 Å². The van der Waals surface area contributed by atoms with Gasteiger partial charge in [-0.05, 0) is 60.4 Å². The summed E-state index contributed by atoms with van der Waals surface area (Å²) in [5.41, 5.74) is 0.993. The summed E-state index contributed by atoms with van der Waals surface area (Å²) < 4.78 is 65.2. The molecule has 5 heteroatoms. The zero-order valence-electron chi connectivity index (χ0n) is 18.1. The first-order chi connectivity index (χ1) is 15.0. The molecule has 0 bridgehead atoms. The molecule has 0 radical (unpaired) electrons. The van der Waals surface area contributed by atoms with Crippen molar-refractivity contribution in [3.05, 3.63) is 63.7 Å². The zero-order chi connectivity index (χ0) is 22.1. The molecule has 4 rings (SSSR count). The fourth-order valence-corrected chi connectivity index (χ4v) is 4.75. The molecule has 1 aliphatic carbocycles. The predicted octanol–water partition coefficient (Wildman–Crippen LogP) is 7.72. The molecular weight excluding hydrogens is 404 g/mol. The number of hydrogen-bond donors (Lipinski definition) is 0. The highest BCUT2D eigenvalue weighted by Gasteiger charge is 2.33. The molecule has 0 fully saturated rings. The zero-order valence-corrected chi connectivity index (χ0v) is 18.1. The Balaban J connectivity index is 1.66. The minimum Gasteiger partial charge on any atom is -0.493 e. The molecule has 2 aliphatic rings. The summed E-state index contributed by atoms with van der Waals surface area (Å²) in [6.45, 7) is 4.52. The number of fused-ring (bicyclic) bond motifs is 3. The van der Waals surface area contributed by atoms with Gasteiger partial charge in [0.25, 0.3) is 0 Å². The van der Waals surface area contributed by atoms with E-state index in [4.69, 9.17) is 4.74 Å². The van der Waals surface area contributed by atoms with Gasteiger partial charge in [-0.25, -0.2) is 17.6 Å². The number of halogens is 4. The van der Waals surface area contributed by atoms with Crippen molar-refractivity contribution >= 4 is 5.76 Å². The molecular formula is C26H28F4O. The van der Waals surface area contributed by atoms with Crippen LogP contribution in [0, 0.1) is 29.2 Å². The maximum Gasteiger partial charge on any atom is 0.170 e. The van der Waals surface area contributed by atoms with Crippen molar-refractivity contribution in [2.75, 3.05) is 6.61 Å². The van der Waals surface area contributed by atoms with Crippen LogP contribution in [0.3, 0.4) is 0 Å². The Labute approximate surface area is 181 Å². The van der Waals surface area contributed by atoms with E-state index < -0.39 is 23.3 Å². The van der Waals surface area contributed by atoms with Crippen molar-refractivity contribution in [3.63, 3.8) is 0 Å². The monoisotopic (exact) mass is 432 g/mol. The molecule has 1 aliphatic heterocycles. The molecule has 0 aromatic heterocycles. The first-order valence-electron chi connectivity index (χ1n) is 11.3. The minimum absolute atomic E-state index is 0.0609. The molecule has 1 atom stereocenters. The molecule has 31 heavy (non-hydrogen) atoms. The number of unbranched alkanes of at least 4 members (excludes halogenated alkanes) is 2. The predicted molar refractivity (Wildman–Crippen MR) is 115 cm³/mol. The van der Waals surface area contributed by atoms with Gasteiger partial charge in [-0.3, -0.25) is 0 Å². The Hall–Kier alpha value is -2.30. The van der Waals surface area contributed by atoms with Gasteiger partial charge in [-0.2, -0.15) is 0 Å². The van der Waals surface area contributed by atoms with E-state index in [1.54, 1.807) is 6.07 Å². The summed E-state index contributed by atoms with van der Waals surface area (Å²) in [5, 5.41) is 0. The van der Waals surface area contributed by atoms with Crippen molar-refractivity contribution in [2.24, 2.45) is 5.92 Å². The third kappa shape index (κ3) is 3.99. The maximum atomic E-state index is 15.1. The summed E-state index contributed by atoms with van der Waals surface area (Å²) in [4.78, 5) is 0. The third-order valence-corrected chi connectivity index (χ3v) is 6.39. The fourth-order valence-electron chi connectivity index (χ4n) is 4.75. The molecule has 0 amide bonds. The Bertz CT molecular complexity index is 1030. The van der Waals surface area contributed by atoms with Crippen LogP contribution in [0.25, 0.3) is 16.9 Å². The van der Waals surface area contributed by atoms with Crippen LogP contribution >= 0.6 is 0 Å². The number of allylic oxidation sites excluding steroid dienone is 1. The molecule has 0 saturated carbocycles. The lowest BCUT2D eigenvalue weighted by atomic mass is 9.94. The van der Waals surface area contributed by atoms with E-state index in [1.165, 1.54) is 12.5 Å². The maximum absolute atomic E-state index is 15.1. The fraction of sp³-hybridized carbons (Fsp3) is 0.462. The molecule has 166 valence electrons. The van der Waals surface area contributed by atoms with Crippen LogP contribution in [0.1, 0.15) is 74.6 Å². The van der Waals surface area contributed by atoms with E-state index in [-0.39, 0.29) is 28.7 Å². The number of ether oxygens (including phenoxy) is 1. The molecule has 2 aromatic carbocycles. The van der Waals surface area contributed by atoms with E-state index in [0.29, 0.717) is 42.3 Å². The highest BCUT2D eigenvalue weighted by atomic mass is 19.2. The number of rotatable bonds is 7. The average molecular weight is 433 g/mol. The van der Waals surface area contributed by atoms with Crippen LogP contribution in [-0.2, 0) is 17.6 Å². The van der Waals surface area contributed by atoms with E-state index in [9.17, 15) is 8.78 Å². The van der Waals surface area contributed by atoms with E-state index in [2.05, 4.69) is 6.92 Å². The first kappa shape index (κ1) is 21.9. The van der Waals surface area contributed by atoms with Crippen molar-refractivity contribution in [2.45, 2.75) is 65.2 Å². The average Bonchev–Trinajstić information content (AvgIpc) is 3.14. The molecule has 1 heterocycles. The Morgan fingerprint density at radius 2 is 1.58 bits per heavy atom. The van der Waals surface area contributed by atoms with Crippen LogP contribution in [0.5, 0.6) is 0 Å². The molecule has 1 unspecified atom stereocenters. The Morgan fingerprint density at radius 3 is 2.23 bits per heavy atom. The highest BCUT2D eigenvalue weighted by Crippen LogP contribution is 2.44. The summed E-state index contributed by atoms with van der Waals surface area (Å²) >= 11 is 0. The summed E-state index contributed by atoms with van der Waals surface area (Å²) in [6, 6.07) is 3.12. The van der Waals surface area contributed by atoms with Crippen LogP contribution in [0.4, 0.5) is 17.6 Å². The first-order valence-corrected chi connectivity index (χ1v) is 11.3. The topological polar surface area (TPSA) is 9.23 Å². The third-order valence-electron chi connectivity index (χ3n) is 6.39. The van der Waals surface area contributed by atoms with Gasteiger partial charge in [0.15, 0.2) is 23.3 Å². The van der Waals surface area contributed by atoms with Crippen molar-refractivity contribution in [1.82, 2.24) is 0 Å². The van der Waals surface area contributed by atoms with E-state index in [1.807, 2.05) is 13.0 Å². The van der Waals surface area contributed by atoms with Crippen molar-refractivity contribution in [3.8, 4) is 11.1 Å². The SMILES string of the molecule is CCCCCC1CC=C(c2cc3c(c(F)c2F)-c2c(cc(CCC)c(F)c2F)C3)OC1. The molecule has 0 saturated heterocycles. The molecule has 1 nitrogen and oxygen atoms in total.